The fourth-order valence-electron chi connectivity index (χ4n) is 2.96. The van der Waals surface area contributed by atoms with Crippen LogP contribution >= 0.6 is 0 Å². The molecule has 1 aromatic heterocycles. The van der Waals surface area contributed by atoms with Crippen molar-refractivity contribution < 1.29 is 9.84 Å². The van der Waals surface area contributed by atoms with Gasteiger partial charge in [0.05, 0.1) is 24.3 Å². The minimum Gasteiger partial charge on any atom is -0.389 e. The van der Waals surface area contributed by atoms with Crippen LogP contribution in [-0.4, -0.2) is 52.4 Å². The molecule has 1 aliphatic rings. The topological polar surface area (TPSA) is 58.5 Å². The molecule has 2 aromatic rings. The van der Waals surface area contributed by atoms with Gasteiger partial charge in [-0.1, -0.05) is 18.2 Å². The van der Waals surface area contributed by atoms with Gasteiger partial charge >= 0.3 is 0 Å². The highest BCUT2D eigenvalue weighted by Gasteiger charge is 2.27. The van der Waals surface area contributed by atoms with Gasteiger partial charge in [0, 0.05) is 31.3 Å². The molecule has 0 aliphatic carbocycles. The molecular weight excluding hydrogens is 266 g/mol. The van der Waals surface area contributed by atoms with E-state index >= 15 is 0 Å². The maximum Gasteiger partial charge on any atom is 0.143 e. The zero-order valence-corrected chi connectivity index (χ0v) is 12.5. The van der Waals surface area contributed by atoms with E-state index in [0.717, 1.165) is 35.4 Å². The fraction of sp³-hybridized carbons (Fsp3) is 0.500. The Hall–Kier alpha value is -1.56. The van der Waals surface area contributed by atoms with E-state index in [1.165, 1.54) is 0 Å². The van der Waals surface area contributed by atoms with E-state index in [9.17, 15) is 5.11 Å². The van der Waals surface area contributed by atoms with E-state index in [0.29, 0.717) is 13.1 Å². The van der Waals surface area contributed by atoms with Gasteiger partial charge in [-0.15, -0.1) is 0 Å². The molecule has 1 aromatic carbocycles. The van der Waals surface area contributed by atoms with Gasteiger partial charge in [-0.25, -0.2) is 9.97 Å². The summed E-state index contributed by atoms with van der Waals surface area (Å²) >= 11 is 0. The largest absolute Gasteiger partial charge is 0.389 e. The van der Waals surface area contributed by atoms with Crippen LogP contribution in [0.1, 0.15) is 17.9 Å². The molecule has 1 aliphatic heterocycles. The number of rotatable bonds is 3. The van der Waals surface area contributed by atoms with Gasteiger partial charge in [0.15, 0.2) is 0 Å². The van der Waals surface area contributed by atoms with E-state index in [1.54, 1.807) is 7.11 Å². The SMILES string of the molecule is COC1CCN(Cc2nc(C)c3ccccc3n2)CC1O. The van der Waals surface area contributed by atoms with Gasteiger partial charge in [-0.2, -0.15) is 0 Å². The third kappa shape index (κ3) is 3.05. The highest BCUT2D eigenvalue weighted by atomic mass is 16.5. The first kappa shape index (κ1) is 14.4. The Balaban J connectivity index is 1.76. The molecule has 1 saturated heterocycles. The number of ether oxygens (including phenoxy) is 1. The van der Waals surface area contributed by atoms with Crippen LogP contribution in [0.25, 0.3) is 10.9 Å². The molecule has 2 heterocycles. The molecule has 0 amide bonds. The zero-order chi connectivity index (χ0) is 14.8. The van der Waals surface area contributed by atoms with Crippen molar-refractivity contribution in [2.24, 2.45) is 0 Å². The number of para-hydroxylation sites is 1. The molecule has 2 atom stereocenters. The molecule has 5 heteroatoms. The number of aliphatic hydroxyl groups is 1. The van der Waals surface area contributed by atoms with Gasteiger partial charge in [0.25, 0.3) is 0 Å². The van der Waals surface area contributed by atoms with Crippen molar-refractivity contribution >= 4 is 10.9 Å². The molecule has 112 valence electrons. The van der Waals surface area contributed by atoms with Gasteiger partial charge in [0.2, 0.25) is 0 Å². The van der Waals surface area contributed by atoms with Crippen LogP contribution in [-0.2, 0) is 11.3 Å². The second-order valence-electron chi connectivity index (χ2n) is 5.61. The van der Waals surface area contributed by atoms with Crippen LogP contribution in [0.3, 0.4) is 0 Å². The minimum absolute atomic E-state index is 0.0551. The van der Waals surface area contributed by atoms with E-state index in [4.69, 9.17) is 4.74 Å². The smallest absolute Gasteiger partial charge is 0.143 e. The number of nitrogens with zero attached hydrogens (tertiary/aromatic N) is 3. The predicted molar refractivity (Wildman–Crippen MR) is 81.0 cm³/mol. The third-order valence-electron chi connectivity index (χ3n) is 4.11. The Morgan fingerprint density at radius 1 is 1.33 bits per heavy atom. The van der Waals surface area contributed by atoms with Crippen LogP contribution in [0.2, 0.25) is 0 Å². The number of aromatic nitrogens is 2. The lowest BCUT2D eigenvalue weighted by molar-refractivity contribution is -0.0620. The monoisotopic (exact) mass is 287 g/mol. The Morgan fingerprint density at radius 2 is 2.14 bits per heavy atom. The molecule has 21 heavy (non-hydrogen) atoms. The number of piperidine rings is 1. The number of hydrogen-bond acceptors (Lipinski definition) is 5. The first-order chi connectivity index (χ1) is 10.2. The van der Waals surface area contributed by atoms with Crippen LogP contribution in [0.5, 0.6) is 0 Å². The summed E-state index contributed by atoms with van der Waals surface area (Å²) in [5.74, 6) is 0.814. The van der Waals surface area contributed by atoms with Gasteiger partial charge < -0.3 is 9.84 Å². The van der Waals surface area contributed by atoms with E-state index < -0.39 is 6.10 Å². The van der Waals surface area contributed by atoms with Crippen molar-refractivity contribution in [3.05, 3.63) is 35.8 Å². The molecule has 0 saturated carbocycles. The molecule has 3 rings (SSSR count). The number of β-amino-alcohol motifs (C(OH)–C–C–N with tert-alkyl or cyclic N) is 1. The summed E-state index contributed by atoms with van der Waals surface area (Å²) < 4.78 is 5.27. The average molecular weight is 287 g/mol. The van der Waals surface area contributed by atoms with Crippen molar-refractivity contribution in [1.82, 2.24) is 14.9 Å². The van der Waals surface area contributed by atoms with Crippen molar-refractivity contribution in [1.29, 1.82) is 0 Å². The number of methoxy groups -OCH3 is 1. The van der Waals surface area contributed by atoms with Gasteiger partial charge in [-0.3, -0.25) is 4.90 Å². The van der Waals surface area contributed by atoms with Crippen molar-refractivity contribution in [3.63, 3.8) is 0 Å². The fourth-order valence-corrected chi connectivity index (χ4v) is 2.96. The highest BCUT2D eigenvalue weighted by molar-refractivity contribution is 5.80. The molecule has 0 bridgehead atoms. The Bertz CT molecular complexity index is 632. The van der Waals surface area contributed by atoms with Gasteiger partial charge in [0.1, 0.15) is 5.82 Å². The zero-order valence-electron chi connectivity index (χ0n) is 12.5. The number of likely N-dealkylation sites (tertiary alicyclic amines) is 1. The first-order valence-corrected chi connectivity index (χ1v) is 7.33. The Labute approximate surface area is 124 Å². The van der Waals surface area contributed by atoms with Crippen LogP contribution in [0.4, 0.5) is 0 Å². The maximum absolute atomic E-state index is 10.0. The third-order valence-corrected chi connectivity index (χ3v) is 4.11. The van der Waals surface area contributed by atoms with Gasteiger partial charge in [-0.05, 0) is 19.4 Å². The lowest BCUT2D eigenvalue weighted by Crippen LogP contribution is -2.47. The lowest BCUT2D eigenvalue weighted by atomic mass is 10.0. The minimum atomic E-state index is -0.440. The van der Waals surface area contributed by atoms with E-state index in [-0.39, 0.29) is 6.10 Å². The van der Waals surface area contributed by atoms with Crippen LogP contribution in [0, 0.1) is 6.92 Å². The van der Waals surface area contributed by atoms with Crippen molar-refractivity contribution in [2.75, 3.05) is 20.2 Å². The average Bonchev–Trinajstić information content (AvgIpc) is 2.47. The standard InChI is InChI=1S/C16H21N3O2/c1-11-12-5-3-4-6-13(12)18-16(17-11)10-19-8-7-15(21-2)14(20)9-19/h3-6,14-15,20H,7-10H2,1-2H3. The number of benzene rings is 1. The molecule has 1 fully saturated rings. The van der Waals surface area contributed by atoms with E-state index in [1.807, 2.05) is 31.2 Å². The number of aliphatic hydroxyl groups excluding tert-OH is 1. The quantitative estimate of drug-likeness (QED) is 0.927. The number of aryl methyl sites for hydroxylation is 1. The summed E-state index contributed by atoms with van der Waals surface area (Å²) in [5, 5.41) is 11.1. The second kappa shape index (κ2) is 6.05. The van der Waals surface area contributed by atoms with Crippen LogP contribution in [0.15, 0.2) is 24.3 Å². The summed E-state index contributed by atoms with van der Waals surface area (Å²) in [5.41, 5.74) is 1.98. The summed E-state index contributed by atoms with van der Waals surface area (Å²) in [6.45, 7) is 4.18. The van der Waals surface area contributed by atoms with Crippen molar-refractivity contribution in [2.45, 2.75) is 32.1 Å². The summed E-state index contributed by atoms with van der Waals surface area (Å²) in [7, 11) is 1.65. The lowest BCUT2D eigenvalue weighted by Gasteiger charge is -2.34. The molecular formula is C16H21N3O2. The summed E-state index contributed by atoms with van der Waals surface area (Å²) in [6, 6.07) is 8.05. The summed E-state index contributed by atoms with van der Waals surface area (Å²) in [6.07, 6.45) is 0.343. The predicted octanol–water partition coefficient (Wildman–Crippen LogP) is 1.52. The van der Waals surface area contributed by atoms with Crippen molar-refractivity contribution in [3.8, 4) is 0 Å². The number of hydrogen-bond donors (Lipinski definition) is 1. The molecule has 0 radical (unpaired) electrons. The van der Waals surface area contributed by atoms with Crippen LogP contribution < -0.4 is 0 Å². The van der Waals surface area contributed by atoms with E-state index in [2.05, 4.69) is 14.9 Å². The Morgan fingerprint density at radius 3 is 2.90 bits per heavy atom. The normalized spacial score (nSPS) is 23.6. The Kier molecular flexibility index (Phi) is 4.14. The molecule has 2 unspecified atom stereocenters. The molecule has 1 N–H and O–H groups in total. The molecule has 5 nitrogen and oxygen atoms in total. The first-order valence-electron chi connectivity index (χ1n) is 7.33. The summed E-state index contributed by atoms with van der Waals surface area (Å²) in [4.78, 5) is 11.4. The molecule has 0 spiro atoms. The second-order valence-corrected chi connectivity index (χ2v) is 5.61. The highest BCUT2D eigenvalue weighted by Crippen LogP contribution is 2.18. The maximum atomic E-state index is 10.0. The number of fused-ring (bicyclic) bond motifs is 1.